The molecule has 1 aromatic carbocycles. The van der Waals surface area contributed by atoms with Crippen LogP contribution in [0.5, 0.6) is 0 Å². The molecule has 0 amide bonds. The molecule has 2 bridgehead atoms. The minimum Gasteiger partial charge on any atom is -0.462 e. The number of benzene rings is 1. The zero-order valence-electron chi connectivity index (χ0n) is 16.1. The topological polar surface area (TPSA) is 54.6 Å². The van der Waals surface area contributed by atoms with Crippen LogP contribution in [-0.4, -0.2) is 49.3 Å². The number of nitrogens with one attached hydrogen (secondary N) is 1. The average molecular weight is 368 g/mol. The predicted octanol–water partition coefficient (Wildman–Crippen LogP) is 3.30. The molecular weight excluding hydrogens is 340 g/mol. The molecule has 5 nitrogen and oxygen atoms in total. The zero-order valence-corrected chi connectivity index (χ0v) is 16.1. The van der Waals surface area contributed by atoms with E-state index in [1.165, 1.54) is 22.2 Å². The van der Waals surface area contributed by atoms with E-state index in [-0.39, 0.29) is 18.0 Å². The Morgan fingerprint density at radius 3 is 2.85 bits per heavy atom. The third-order valence-electron chi connectivity index (χ3n) is 7.02. The largest absolute Gasteiger partial charge is 0.462 e. The summed E-state index contributed by atoms with van der Waals surface area (Å²) >= 11 is 0. The van der Waals surface area contributed by atoms with Crippen molar-refractivity contribution in [2.75, 3.05) is 27.3 Å². The SMILES string of the molecule is COC.O=C1OC2CC1[C@H]1CC3c4[nH]c5ccccc5c4CCN3C[C@H]1C2. The Kier molecular flexibility index (Phi) is 4.25. The van der Waals surface area contributed by atoms with Gasteiger partial charge < -0.3 is 14.5 Å². The Balaban J connectivity index is 0.000000504. The monoisotopic (exact) mass is 368 g/mol. The van der Waals surface area contributed by atoms with Crippen LogP contribution in [0.1, 0.15) is 36.6 Å². The summed E-state index contributed by atoms with van der Waals surface area (Å²) < 4.78 is 9.83. The molecule has 1 saturated carbocycles. The highest BCUT2D eigenvalue weighted by Gasteiger charge is 2.52. The fraction of sp³-hybridized carbons (Fsp3) is 0.591. The number of nitrogens with zero attached hydrogens (tertiary/aromatic N) is 1. The van der Waals surface area contributed by atoms with Crippen molar-refractivity contribution >= 4 is 16.9 Å². The van der Waals surface area contributed by atoms with Gasteiger partial charge >= 0.3 is 5.97 Å². The fourth-order valence-electron chi connectivity index (χ4n) is 5.99. The van der Waals surface area contributed by atoms with Gasteiger partial charge in [0.15, 0.2) is 0 Å². The van der Waals surface area contributed by atoms with Crippen molar-refractivity contribution in [1.29, 1.82) is 0 Å². The summed E-state index contributed by atoms with van der Waals surface area (Å²) in [5.41, 5.74) is 4.18. The summed E-state index contributed by atoms with van der Waals surface area (Å²) in [6.45, 7) is 2.28. The van der Waals surface area contributed by atoms with Crippen LogP contribution in [0.3, 0.4) is 0 Å². The molecule has 5 atom stereocenters. The van der Waals surface area contributed by atoms with Crippen molar-refractivity contribution in [2.45, 2.75) is 37.8 Å². The number of piperidine rings is 1. The van der Waals surface area contributed by atoms with Crippen LogP contribution in [0, 0.1) is 17.8 Å². The number of carbonyl (C=O) groups excluding carboxylic acids is 1. The Morgan fingerprint density at radius 1 is 1.19 bits per heavy atom. The van der Waals surface area contributed by atoms with E-state index in [0.717, 1.165) is 38.8 Å². The van der Waals surface area contributed by atoms with Gasteiger partial charge in [-0.25, -0.2) is 0 Å². The minimum atomic E-state index is 0.0774. The van der Waals surface area contributed by atoms with Crippen LogP contribution in [-0.2, 0) is 20.7 Å². The maximum atomic E-state index is 12.2. The van der Waals surface area contributed by atoms with E-state index in [9.17, 15) is 4.79 Å². The molecule has 1 aliphatic carbocycles. The Hall–Kier alpha value is -1.85. The van der Waals surface area contributed by atoms with Gasteiger partial charge in [0.05, 0.1) is 12.0 Å². The molecule has 3 fully saturated rings. The van der Waals surface area contributed by atoms with E-state index in [0.29, 0.717) is 17.9 Å². The number of ether oxygens (including phenoxy) is 2. The first-order chi connectivity index (χ1) is 13.2. The number of para-hydroxylation sites is 1. The number of esters is 1. The first kappa shape index (κ1) is 17.3. The number of aromatic amines is 1. The number of carbonyl (C=O) groups is 1. The lowest BCUT2D eigenvalue weighted by Gasteiger charge is -2.48. The number of hydrogen-bond donors (Lipinski definition) is 1. The first-order valence-electron chi connectivity index (χ1n) is 10.1. The van der Waals surface area contributed by atoms with Gasteiger partial charge in [0.1, 0.15) is 6.10 Å². The molecule has 0 radical (unpaired) electrons. The first-order valence-corrected chi connectivity index (χ1v) is 10.1. The lowest BCUT2D eigenvalue weighted by atomic mass is 9.66. The Labute approximate surface area is 160 Å². The van der Waals surface area contributed by atoms with E-state index in [2.05, 4.69) is 38.9 Å². The van der Waals surface area contributed by atoms with Gasteiger partial charge in [0.2, 0.25) is 0 Å². The van der Waals surface area contributed by atoms with E-state index >= 15 is 0 Å². The van der Waals surface area contributed by atoms with Gasteiger partial charge in [-0.3, -0.25) is 9.69 Å². The van der Waals surface area contributed by atoms with Crippen molar-refractivity contribution in [3.05, 3.63) is 35.5 Å². The van der Waals surface area contributed by atoms with Gasteiger partial charge in [-0.15, -0.1) is 0 Å². The molecule has 2 aromatic rings. The van der Waals surface area contributed by atoms with Gasteiger partial charge in [0.25, 0.3) is 0 Å². The second-order valence-corrected chi connectivity index (χ2v) is 8.53. The highest BCUT2D eigenvalue weighted by atomic mass is 16.6. The molecule has 1 aromatic heterocycles. The standard InChI is InChI=1S/C20H22N2O2.C2H6O/c23-20-16-8-12(24-20)7-11-10-22-6-5-14-13-3-1-2-4-17(13)21-19(14)18(22)9-15(11)16;1-3-2/h1-4,11-12,15-16,18,21H,5-10H2;1-2H3/t11-,12?,15+,16?,18?;/m1./s1. The van der Waals surface area contributed by atoms with Crippen LogP contribution >= 0.6 is 0 Å². The Morgan fingerprint density at radius 2 is 2.00 bits per heavy atom. The molecule has 27 heavy (non-hydrogen) atoms. The van der Waals surface area contributed by atoms with Gasteiger partial charge in [0, 0.05) is 43.9 Å². The number of methoxy groups -OCH3 is 1. The second kappa shape index (κ2) is 6.64. The van der Waals surface area contributed by atoms with Crippen LogP contribution in [0.2, 0.25) is 0 Å². The van der Waals surface area contributed by atoms with E-state index < -0.39 is 0 Å². The van der Waals surface area contributed by atoms with Crippen molar-refractivity contribution in [3.8, 4) is 0 Å². The maximum absolute atomic E-state index is 12.2. The van der Waals surface area contributed by atoms with Crippen LogP contribution in [0.25, 0.3) is 10.9 Å². The van der Waals surface area contributed by atoms with Crippen molar-refractivity contribution < 1.29 is 14.3 Å². The van der Waals surface area contributed by atoms with E-state index in [4.69, 9.17) is 4.74 Å². The third-order valence-corrected chi connectivity index (χ3v) is 7.02. The molecule has 3 unspecified atom stereocenters. The Bertz CT molecular complexity index is 860. The van der Waals surface area contributed by atoms with Gasteiger partial charge in [-0.05, 0) is 49.1 Å². The summed E-state index contributed by atoms with van der Waals surface area (Å²) in [4.78, 5) is 18.6. The van der Waals surface area contributed by atoms with Crippen molar-refractivity contribution in [3.63, 3.8) is 0 Å². The molecule has 5 heteroatoms. The summed E-state index contributed by atoms with van der Waals surface area (Å²) in [6.07, 6.45) is 4.49. The number of hydrogen-bond acceptors (Lipinski definition) is 4. The average Bonchev–Trinajstić information content (AvgIpc) is 3.19. The minimum absolute atomic E-state index is 0.0774. The predicted molar refractivity (Wildman–Crippen MR) is 103 cm³/mol. The van der Waals surface area contributed by atoms with Crippen LogP contribution in [0.15, 0.2) is 24.3 Å². The molecule has 1 N–H and O–H groups in total. The molecule has 4 aliphatic rings. The second-order valence-electron chi connectivity index (χ2n) is 8.53. The highest BCUT2D eigenvalue weighted by Crippen LogP contribution is 2.51. The highest BCUT2D eigenvalue weighted by molar-refractivity contribution is 5.85. The summed E-state index contributed by atoms with van der Waals surface area (Å²) in [7, 11) is 3.25. The molecule has 6 rings (SSSR count). The molecule has 0 spiro atoms. The number of fused-ring (bicyclic) bond motifs is 9. The van der Waals surface area contributed by atoms with Crippen LogP contribution < -0.4 is 0 Å². The number of H-pyrrole nitrogens is 1. The summed E-state index contributed by atoms with van der Waals surface area (Å²) in [6, 6.07) is 9.12. The molecule has 2 saturated heterocycles. The van der Waals surface area contributed by atoms with Gasteiger partial charge in [-0.1, -0.05) is 18.2 Å². The number of aromatic nitrogens is 1. The third kappa shape index (κ3) is 2.71. The van der Waals surface area contributed by atoms with E-state index in [1.807, 2.05) is 0 Å². The van der Waals surface area contributed by atoms with Crippen molar-refractivity contribution in [2.24, 2.45) is 17.8 Å². The fourth-order valence-corrected chi connectivity index (χ4v) is 5.99. The smallest absolute Gasteiger partial charge is 0.309 e. The molecular formula is C22H28N2O3. The normalized spacial score (nSPS) is 34.1. The number of rotatable bonds is 0. The maximum Gasteiger partial charge on any atom is 0.309 e. The molecule has 4 heterocycles. The summed E-state index contributed by atoms with van der Waals surface area (Å²) in [5.74, 6) is 1.39. The lowest BCUT2D eigenvalue weighted by Crippen LogP contribution is -2.49. The van der Waals surface area contributed by atoms with E-state index in [1.54, 1.807) is 14.2 Å². The van der Waals surface area contributed by atoms with Gasteiger partial charge in [-0.2, -0.15) is 0 Å². The van der Waals surface area contributed by atoms with Crippen LogP contribution in [0.4, 0.5) is 0 Å². The quantitative estimate of drug-likeness (QED) is 0.725. The summed E-state index contributed by atoms with van der Waals surface area (Å²) in [5, 5.41) is 1.39. The van der Waals surface area contributed by atoms with Crippen molar-refractivity contribution in [1.82, 2.24) is 9.88 Å². The lowest BCUT2D eigenvalue weighted by molar-refractivity contribution is -0.144. The molecule has 3 aliphatic heterocycles. The molecule has 144 valence electrons. The zero-order chi connectivity index (χ0) is 18.5.